The summed E-state index contributed by atoms with van der Waals surface area (Å²) in [4.78, 5) is 43.4. The molecule has 2 aliphatic rings. The van der Waals surface area contributed by atoms with Gasteiger partial charge in [-0.25, -0.2) is 9.80 Å². The van der Waals surface area contributed by atoms with Crippen LogP contribution in [0, 0.1) is 19.3 Å². The van der Waals surface area contributed by atoms with Gasteiger partial charge in [0.05, 0.1) is 19.6 Å². The molecular weight excluding hydrogens is 478 g/mol. The highest BCUT2D eigenvalue weighted by atomic mass is 16.2. The molecule has 8 heteroatoms. The van der Waals surface area contributed by atoms with E-state index in [-0.39, 0.29) is 37.5 Å². The lowest BCUT2D eigenvalue weighted by atomic mass is 10.0. The van der Waals surface area contributed by atoms with Gasteiger partial charge in [0, 0.05) is 13.1 Å². The summed E-state index contributed by atoms with van der Waals surface area (Å²) in [6.45, 7) is 9.15. The minimum atomic E-state index is -0.646. The van der Waals surface area contributed by atoms with Crippen LogP contribution in [0.4, 0.5) is 4.79 Å². The molecule has 0 radical (unpaired) electrons. The lowest BCUT2D eigenvalue weighted by Gasteiger charge is -2.54. The normalized spacial score (nSPS) is 19.3. The Morgan fingerprint density at radius 3 is 2.37 bits per heavy atom. The van der Waals surface area contributed by atoms with Gasteiger partial charge in [0.25, 0.3) is 0 Å². The Morgan fingerprint density at radius 2 is 1.74 bits per heavy atom. The number of rotatable bonds is 6. The maximum Gasteiger partial charge on any atom is 0.334 e. The smallest absolute Gasteiger partial charge is 0.333 e. The van der Waals surface area contributed by atoms with Crippen molar-refractivity contribution >= 4 is 17.8 Å². The summed E-state index contributed by atoms with van der Waals surface area (Å²) in [6.07, 6.45) is 6.64. The van der Waals surface area contributed by atoms with Crippen LogP contribution in [0.5, 0.6) is 0 Å². The van der Waals surface area contributed by atoms with Gasteiger partial charge in [-0.2, -0.15) is 5.01 Å². The number of nitrogens with zero attached hydrogens (tertiary/aromatic N) is 4. The number of piperazine rings is 1. The average Bonchev–Trinajstić information content (AvgIpc) is 2.89. The van der Waals surface area contributed by atoms with Crippen molar-refractivity contribution in [1.29, 1.82) is 0 Å². The van der Waals surface area contributed by atoms with Crippen LogP contribution in [-0.4, -0.2) is 69.5 Å². The first-order valence-electron chi connectivity index (χ1n) is 13.3. The van der Waals surface area contributed by atoms with E-state index in [1.54, 1.807) is 14.8 Å². The van der Waals surface area contributed by atoms with E-state index in [0.29, 0.717) is 19.5 Å². The second-order valence-corrected chi connectivity index (χ2v) is 9.64. The topological polar surface area (TPSA) is 76.2 Å². The van der Waals surface area contributed by atoms with Crippen LogP contribution >= 0.6 is 0 Å². The molecule has 202 valence electrons. The molecule has 38 heavy (non-hydrogen) atoms. The van der Waals surface area contributed by atoms with Crippen LogP contribution in [0.2, 0.25) is 0 Å². The van der Waals surface area contributed by atoms with Crippen LogP contribution in [-0.2, 0) is 22.7 Å². The number of hydrazine groups is 1. The number of carbonyl (C=O) groups is 3. The summed E-state index contributed by atoms with van der Waals surface area (Å²) in [6, 6.07) is 16.6. The lowest BCUT2D eigenvalue weighted by Crippen LogP contribution is -2.76. The molecule has 0 aliphatic carbocycles. The summed E-state index contributed by atoms with van der Waals surface area (Å²) >= 11 is 0. The number of amides is 4. The minimum absolute atomic E-state index is 0.0544. The molecule has 1 unspecified atom stereocenters. The quantitative estimate of drug-likeness (QED) is 0.592. The van der Waals surface area contributed by atoms with Crippen LogP contribution < -0.4 is 5.32 Å². The Morgan fingerprint density at radius 1 is 1.05 bits per heavy atom. The summed E-state index contributed by atoms with van der Waals surface area (Å²) in [5.74, 6) is 2.25. The van der Waals surface area contributed by atoms with E-state index in [1.165, 1.54) is 11.4 Å². The van der Waals surface area contributed by atoms with Gasteiger partial charge in [0.15, 0.2) is 0 Å². The molecule has 1 N–H and O–H groups in total. The van der Waals surface area contributed by atoms with Gasteiger partial charge in [-0.15, -0.1) is 6.42 Å². The van der Waals surface area contributed by atoms with Gasteiger partial charge in [0.1, 0.15) is 12.2 Å². The van der Waals surface area contributed by atoms with Crippen molar-refractivity contribution < 1.29 is 14.4 Å². The van der Waals surface area contributed by atoms with E-state index in [0.717, 1.165) is 16.7 Å². The third kappa shape index (κ3) is 6.73. The zero-order valence-corrected chi connectivity index (χ0v) is 22.9. The summed E-state index contributed by atoms with van der Waals surface area (Å²) in [7, 11) is 0. The first-order chi connectivity index (χ1) is 18.3. The highest BCUT2D eigenvalue weighted by Crippen LogP contribution is 2.28. The van der Waals surface area contributed by atoms with E-state index in [9.17, 15) is 14.4 Å². The average molecular weight is 518 g/mol. The Balaban J connectivity index is 0.00000127. The number of terminal acetylenes is 1. The number of aryl methyl sites for hydroxylation is 1. The second-order valence-electron chi connectivity index (χ2n) is 9.64. The second kappa shape index (κ2) is 13.6. The Bertz CT molecular complexity index is 1150. The van der Waals surface area contributed by atoms with E-state index in [4.69, 9.17) is 6.42 Å². The third-order valence-electron chi connectivity index (χ3n) is 6.44. The van der Waals surface area contributed by atoms with Crippen molar-refractivity contribution in [1.82, 2.24) is 25.1 Å². The number of hydrogen-bond donors (Lipinski definition) is 1. The number of benzene rings is 2. The monoisotopic (exact) mass is 517 g/mol. The van der Waals surface area contributed by atoms with E-state index >= 15 is 0 Å². The fraction of sp³-hybridized carbons (Fsp3) is 0.433. The van der Waals surface area contributed by atoms with Gasteiger partial charge in [-0.3, -0.25) is 9.59 Å². The molecule has 0 bridgehead atoms. The molecule has 4 rings (SSSR count). The number of urea groups is 1. The minimum Gasteiger partial charge on any atom is -0.333 e. The maximum absolute atomic E-state index is 13.5. The maximum atomic E-state index is 13.5. The van der Waals surface area contributed by atoms with Crippen molar-refractivity contribution in [2.45, 2.75) is 65.8 Å². The molecule has 4 amide bonds. The zero-order valence-electron chi connectivity index (χ0n) is 22.9. The molecule has 0 saturated carbocycles. The van der Waals surface area contributed by atoms with E-state index < -0.39 is 12.2 Å². The van der Waals surface area contributed by atoms with Gasteiger partial charge in [0.2, 0.25) is 11.8 Å². The predicted octanol–water partition coefficient (Wildman–Crippen LogP) is 3.76. The Hall–Kier alpha value is -3.83. The van der Waals surface area contributed by atoms with Crippen molar-refractivity contribution in [2.75, 3.05) is 19.6 Å². The van der Waals surface area contributed by atoms with Gasteiger partial charge < -0.3 is 15.1 Å². The molecule has 0 spiro atoms. The molecule has 2 atom stereocenters. The Kier molecular flexibility index (Phi) is 10.3. The highest BCUT2D eigenvalue weighted by Gasteiger charge is 2.50. The van der Waals surface area contributed by atoms with Crippen molar-refractivity contribution in [3.05, 3.63) is 71.3 Å². The molecule has 2 heterocycles. The molecular formula is C30H39N5O3. The summed E-state index contributed by atoms with van der Waals surface area (Å²) in [5.41, 5.74) is 3.07. The fourth-order valence-corrected chi connectivity index (χ4v) is 4.85. The zero-order chi connectivity index (χ0) is 27.7. The first kappa shape index (κ1) is 28.7. The predicted molar refractivity (Wildman–Crippen MR) is 148 cm³/mol. The standard InChI is InChI=1S/C27H31N5O3.C3H8/c1-4-14-30-19-25(33)31-23(5-2)26(34)29(17-22-13-9-10-20(3)15-22)18-24(31)32(30)27(35)28-16-21-11-7-6-8-12-21;1-3-2/h1,6-13,15,23-24H,5,14,16-19H2,2-3H3,(H,28,35);3H2,1-2H3/t23-,24?;/m0./s1. The highest BCUT2D eigenvalue weighted by molar-refractivity contribution is 5.91. The molecule has 2 aromatic carbocycles. The molecule has 2 saturated heterocycles. The first-order valence-corrected chi connectivity index (χ1v) is 13.3. The number of nitrogens with one attached hydrogen (secondary N) is 1. The van der Waals surface area contributed by atoms with E-state index in [1.807, 2.05) is 68.4 Å². The van der Waals surface area contributed by atoms with Crippen molar-refractivity contribution in [3.8, 4) is 12.3 Å². The van der Waals surface area contributed by atoms with Crippen LogP contribution in [0.1, 0.15) is 50.3 Å². The fourth-order valence-electron chi connectivity index (χ4n) is 4.85. The number of hydrogen-bond acceptors (Lipinski definition) is 4. The lowest BCUT2D eigenvalue weighted by molar-refractivity contribution is -0.189. The van der Waals surface area contributed by atoms with Gasteiger partial charge in [-0.05, 0) is 24.5 Å². The summed E-state index contributed by atoms with van der Waals surface area (Å²) in [5, 5.41) is 6.08. The molecule has 2 aliphatic heterocycles. The summed E-state index contributed by atoms with van der Waals surface area (Å²) < 4.78 is 0. The number of fused-ring (bicyclic) bond motifs is 1. The molecule has 0 aromatic heterocycles. The van der Waals surface area contributed by atoms with Crippen molar-refractivity contribution in [3.63, 3.8) is 0 Å². The Labute approximate surface area is 226 Å². The van der Waals surface area contributed by atoms with E-state index in [2.05, 4.69) is 25.1 Å². The van der Waals surface area contributed by atoms with Crippen LogP contribution in [0.25, 0.3) is 0 Å². The van der Waals surface area contributed by atoms with Crippen LogP contribution in [0.3, 0.4) is 0 Å². The third-order valence-corrected chi connectivity index (χ3v) is 6.44. The molecule has 2 fully saturated rings. The van der Waals surface area contributed by atoms with Gasteiger partial charge in [-0.1, -0.05) is 93.3 Å². The molecule has 2 aromatic rings. The van der Waals surface area contributed by atoms with Gasteiger partial charge >= 0.3 is 6.03 Å². The number of carbonyl (C=O) groups excluding carboxylic acids is 3. The van der Waals surface area contributed by atoms with Crippen molar-refractivity contribution in [2.24, 2.45) is 0 Å². The SMILES string of the molecule is C#CCN1CC(=O)N2C(CN(Cc3cccc(C)c3)C(=O)[C@@H]2CC)N1C(=O)NCc1ccccc1.CCC. The largest absolute Gasteiger partial charge is 0.334 e. The van der Waals surface area contributed by atoms with Crippen LogP contribution in [0.15, 0.2) is 54.6 Å². The molecule has 8 nitrogen and oxygen atoms in total.